The summed E-state index contributed by atoms with van der Waals surface area (Å²) in [7, 11) is 0. The van der Waals surface area contributed by atoms with Gasteiger partial charge in [-0.2, -0.15) is 0 Å². The number of aliphatic hydroxyl groups is 1. The summed E-state index contributed by atoms with van der Waals surface area (Å²) in [6.07, 6.45) is 19.0. The van der Waals surface area contributed by atoms with Crippen molar-refractivity contribution in [2.45, 2.75) is 77.6 Å². The highest BCUT2D eigenvalue weighted by Crippen LogP contribution is 2.11. The van der Waals surface area contributed by atoms with Crippen LogP contribution < -0.4 is 0 Å². The number of aliphatic hydroxyl groups excluding tert-OH is 1. The van der Waals surface area contributed by atoms with Gasteiger partial charge in [0.2, 0.25) is 0 Å². The first-order valence-corrected chi connectivity index (χ1v) is 9.42. The molecule has 1 heterocycles. The maximum atomic E-state index is 9.01. The molecule has 0 saturated carbocycles. The summed E-state index contributed by atoms with van der Waals surface area (Å²) in [6.45, 7) is 5.17. The van der Waals surface area contributed by atoms with E-state index in [1.807, 2.05) is 0 Å². The highest BCUT2D eigenvalue weighted by Gasteiger charge is 2.14. The van der Waals surface area contributed by atoms with Gasteiger partial charge in [-0.3, -0.25) is 4.99 Å². The molecule has 0 saturated heterocycles. The van der Waals surface area contributed by atoms with Crippen molar-refractivity contribution in [1.82, 2.24) is 4.90 Å². The second kappa shape index (κ2) is 13.8. The van der Waals surface area contributed by atoms with Gasteiger partial charge in [0.15, 0.2) is 0 Å². The molecule has 0 aromatic heterocycles. The molecule has 0 fully saturated rings. The molecule has 0 aromatic carbocycles. The van der Waals surface area contributed by atoms with Crippen molar-refractivity contribution in [2.24, 2.45) is 4.99 Å². The van der Waals surface area contributed by atoms with Crippen LogP contribution in [-0.4, -0.2) is 42.1 Å². The van der Waals surface area contributed by atoms with Gasteiger partial charge in [-0.05, 0) is 32.1 Å². The van der Waals surface area contributed by atoms with Crippen LogP contribution >= 0.6 is 0 Å². The van der Waals surface area contributed by atoms with Crippen molar-refractivity contribution < 1.29 is 5.11 Å². The van der Waals surface area contributed by atoms with Gasteiger partial charge in [-0.25, -0.2) is 0 Å². The summed E-state index contributed by atoms with van der Waals surface area (Å²) < 4.78 is 0. The lowest BCUT2D eigenvalue weighted by atomic mass is 10.1. The third-order valence-corrected chi connectivity index (χ3v) is 4.31. The Kier molecular flexibility index (Phi) is 12.1. The highest BCUT2D eigenvalue weighted by molar-refractivity contribution is 5.83. The summed E-state index contributed by atoms with van der Waals surface area (Å²) in [5.74, 6) is 1.22. The molecule has 3 heteroatoms. The van der Waals surface area contributed by atoms with E-state index in [-0.39, 0.29) is 6.61 Å². The van der Waals surface area contributed by atoms with Crippen LogP contribution in [0.3, 0.4) is 0 Å². The number of nitrogens with zero attached hydrogens (tertiary/aromatic N) is 2. The van der Waals surface area contributed by atoms with E-state index in [0.29, 0.717) is 0 Å². The van der Waals surface area contributed by atoms with Crippen LogP contribution in [0.4, 0.5) is 0 Å². The molecule has 1 rings (SSSR count). The van der Waals surface area contributed by atoms with E-state index in [1.54, 1.807) is 0 Å². The molecule has 0 aromatic rings. The molecule has 0 spiro atoms. The average molecular weight is 309 g/mol. The Hall–Kier alpha value is -0.830. The van der Waals surface area contributed by atoms with Gasteiger partial charge in [-0.15, -0.1) is 0 Å². The number of aliphatic imine (C=N–C) groups is 1. The molecule has 0 amide bonds. The molecule has 3 nitrogen and oxygen atoms in total. The van der Waals surface area contributed by atoms with Crippen LogP contribution in [-0.2, 0) is 0 Å². The van der Waals surface area contributed by atoms with Crippen LogP contribution in [0.1, 0.15) is 77.6 Å². The Bertz CT molecular complexity index is 313. The number of β-amino-alcohol motifs (C(OH)–C–C–N with tert-alkyl or cyclic N) is 1. The molecule has 128 valence electrons. The Morgan fingerprint density at radius 3 is 2.36 bits per heavy atom. The lowest BCUT2D eigenvalue weighted by Gasteiger charge is -2.18. The molecular weight excluding hydrogens is 272 g/mol. The number of hydrogen-bond acceptors (Lipinski definition) is 3. The van der Waals surface area contributed by atoms with Crippen LogP contribution in [0.2, 0.25) is 0 Å². The quantitative estimate of drug-likeness (QED) is 0.377. The third-order valence-electron chi connectivity index (χ3n) is 4.31. The Labute approximate surface area is 137 Å². The number of amidine groups is 1. The predicted molar refractivity (Wildman–Crippen MR) is 96.6 cm³/mol. The molecule has 0 aliphatic carbocycles. The van der Waals surface area contributed by atoms with Crippen LogP contribution in [0.5, 0.6) is 0 Å². The molecule has 0 bridgehead atoms. The maximum Gasteiger partial charge on any atom is 0.0991 e. The minimum Gasteiger partial charge on any atom is -0.395 e. The summed E-state index contributed by atoms with van der Waals surface area (Å²) in [4.78, 5) is 6.78. The molecule has 1 aliphatic heterocycles. The van der Waals surface area contributed by atoms with E-state index in [4.69, 9.17) is 5.11 Å². The van der Waals surface area contributed by atoms with Gasteiger partial charge in [0, 0.05) is 19.5 Å². The van der Waals surface area contributed by atoms with Gasteiger partial charge >= 0.3 is 0 Å². The summed E-state index contributed by atoms with van der Waals surface area (Å²) in [6, 6.07) is 0. The molecule has 0 unspecified atom stereocenters. The zero-order valence-electron chi connectivity index (χ0n) is 14.6. The zero-order valence-corrected chi connectivity index (χ0v) is 14.6. The monoisotopic (exact) mass is 308 g/mol. The van der Waals surface area contributed by atoms with Crippen molar-refractivity contribution in [3.63, 3.8) is 0 Å². The van der Waals surface area contributed by atoms with Crippen LogP contribution in [0.25, 0.3) is 0 Å². The van der Waals surface area contributed by atoms with E-state index in [2.05, 4.69) is 29.0 Å². The largest absolute Gasteiger partial charge is 0.395 e. The van der Waals surface area contributed by atoms with Crippen molar-refractivity contribution >= 4 is 5.84 Å². The number of rotatable bonds is 14. The molecule has 0 atom stereocenters. The van der Waals surface area contributed by atoms with E-state index < -0.39 is 0 Å². The first-order valence-electron chi connectivity index (χ1n) is 9.42. The maximum absolute atomic E-state index is 9.01. The van der Waals surface area contributed by atoms with E-state index in [1.165, 1.54) is 70.0 Å². The van der Waals surface area contributed by atoms with E-state index in [9.17, 15) is 0 Å². The van der Waals surface area contributed by atoms with Gasteiger partial charge in [0.05, 0.1) is 19.0 Å². The number of unbranched alkanes of at least 4 members (excludes halogenated alkanes) is 8. The van der Waals surface area contributed by atoms with Crippen molar-refractivity contribution in [2.75, 3.05) is 26.2 Å². The third kappa shape index (κ3) is 9.24. The number of hydrogen-bond donors (Lipinski definition) is 1. The Morgan fingerprint density at radius 2 is 1.68 bits per heavy atom. The Morgan fingerprint density at radius 1 is 1.00 bits per heavy atom. The predicted octanol–water partition coefficient (Wildman–Crippen LogP) is 4.56. The molecular formula is C19H36N2O. The normalized spacial score (nSPS) is 15.0. The lowest BCUT2D eigenvalue weighted by molar-refractivity contribution is 0.255. The van der Waals surface area contributed by atoms with E-state index in [0.717, 1.165) is 26.1 Å². The molecule has 1 N–H and O–H groups in total. The molecule has 0 radical (unpaired) electrons. The minimum atomic E-state index is 0.240. The lowest BCUT2D eigenvalue weighted by Crippen LogP contribution is -2.30. The smallest absolute Gasteiger partial charge is 0.0991 e. The first-order chi connectivity index (χ1) is 10.9. The average Bonchev–Trinajstić information content (AvgIpc) is 2.96. The van der Waals surface area contributed by atoms with Crippen molar-refractivity contribution in [3.05, 3.63) is 12.2 Å². The summed E-state index contributed by atoms with van der Waals surface area (Å²) in [5.41, 5.74) is 0. The van der Waals surface area contributed by atoms with Crippen molar-refractivity contribution in [3.8, 4) is 0 Å². The van der Waals surface area contributed by atoms with Gasteiger partial charge in [-0.1, -0.05) is 51.2 Å². The summed E-state index contributed by atoms with van der Waals surface area (Å²) in [5, 5.41) is 9.01. The van der Waals surface area contributed by atoms with Gasteiger partial charge in [0.25, 0.3) is 0 Å². The fraction of sp³-hybridized carbons (Fsp3) is 0.842. The minimum absolute atomic E-state index is 0.240. The fourth-order valence-electron chi connectivity index (χ4n) is 2.95. The fourth-order valence-corrected chi connectivity index (χ4v) is 2.95. The number of allylic oxidation sites excluding steroid dienone is 2. The van der Waals surface area contributed by atoms with Crippen LogP contribution in [0.15, 0.2) is 17.1 Å². The highest BCUT2D eigenvalue weighted by atomic mass is 16.3. The van der Waals surface area contributed by atoms with Crippen molar-refractivity contribution in [1.29, 1.82) is 0 Å². The molecule has 1 aliphatic rings. The van der Waals surface area contributed by atoms with Gasteiger partial charge < -0.3 is 10.0 Å². The van der Waals surface area contributed by atoms with E-state index >= 15 is 0 Å². The molecule has 22 heavy (non-hydrogen) atoms. The summed E-state index contributed by atoms with van der Waals surface area (Å²) >= 11 is 0. The standard InChI is InChI=1S/C19H36N2O/c1-2-3-4-5-6-7-8-9-10-11-12-13-14-19-20-15-16-21(19)17-18-22/h7-8,22H,2-6,9-18H2,1H3/b8-7+. The first kappa shape index (κ1) is 19.2. The topological polar surface area (TPSA) is 35.8 Å². The van der Waals surface area contributed by atoms with Gasteiger partial charge in [0.1, 0.15) is 0 Å². The zero-order chi connectivity index (χ0) is 15.9. The second-order valence-corrected chi connectivity index (χ2v) is 6.28. The second-order valence-electron chi connectivity index (χ2n) is 6.28. The SMILES string of the molecule is CCCCCC/C=C/CCCCCCC1=NCCN1CCO. The van der Waals surface area contributed by atoms with Crippen LogP contribution in [0, 0.1) is 0 Å². The Balaban J connectivity index is 1.88.